The molecule has 1 heterocycles. The van der Waals surface area contributed by atoms with Gasteiger partial charge in [0.05, 0.1) is 0 Å². The van der Waals surface area contributed by atoms with Crippen molar-refractivity contribution in [2.24, 2.45) is 0 Å². The van der Waals surface area contributed by atoms with Crippen LogP contribution in [0, 0.1) is 10.8 Å². The van der Waals surface area contributed by atoms with E-state index in [-0.39, 0.29) is 0 Å². The van der Waals surface area contributed by atoms with Crippen molar-refractivity contribution in [1.82, 2.24) is 9.55 Å². The molecule has 0 aliphatic carbocycles. The number of benzene rings is 1. The zero-order valence-corrected chi connectivity index (χ0v) is 12.0. The van der Waals surface area contributed by atoms with Crippen molar-refractivity contribution in [2.45, 2.75) is 13.5 Å². The number of aryl methyl sites for hydroxylation is 1. The molecule has 0 fully saturated rings. The fourth-order valence-electron chi connectivity index (χ4n) is 1.45. The zero-order chi connectivity index (χ0) is 10.8. The number of imidazole rings is 1. The van der Waals surface area contributed by atoms with Gasteiger partial charge in [-0.05, 0) is 52.8 Å². The van der Waals surface area contributed by atoms with E-state index < -0.39 is 0 Å². The minimum Gasteiger partial charge on any atom is -0.322 e. The number of hydrogen-bond donors (Lipinski definition) is 0. The van der Waals surface area contributed by atoms with Crippen LogP contribution in [-0.2, 0) is 6.54 Å². The summed E-state index contributed by atoms with van der Waals surface area (Å²) in [5, 5.41) is 0. The second kappa shape index (κ2) is 4.65. The van der Waals surface area contributed by atoms with Crippen LogP contribution in [0.4, 0.5) is 0 Å². The van der Waals surface area contributed by atoms with Crippen molar-refractivity contribution >= 4 is 38.5 Å². The molecule has 15 heavy (non-hydrogen) atoms. The first-order valence-electron chi connectivity index (χ1n) is 4.58. The summed E-state index contributed by atoms with van der Waals surface area (Å²) in [6.07, 6.45) is 3.83. The highest BCUT2D eigenvalue weighted by Gasteiger charge is 2.02. The molecule has 0 saturated heterocycles. The van der Waals surface area contributed by atoms with E-state index in [2.05, 4.69) is 73.2 Å². The van der Waals surface area contributed by atoms with Crippen molar-refractivity contribution in [3.8, 4) is 0 Å². The Balaban J connectivity index is 2.29. The van der Waals surface area contributed by atoms with E-state index in [1.165, 1.54) is 11.1 Å². The van der Waals surface area contributed by atoms with Crippen molar-refractivity contribution in [3.63, 3.8) is 0 Å². The summed E-state index contributed by atoms with van der Waals surface area (Å²) in [6.45, 7) is 3.02. The molecular formula is C11H10BrIN2. The van der Waals surface area contributed by atoms with E-state index in [1.807, 2.05) is 12.4 Å². The molecule has 0 N–H and O–H groups in total. The van der Waals surface area contributed by atoms with Crippen LogP contribution in [-0.4, -0.2) is 9.55 Å². The van der Waals surface area contributed by atoms with Crippen molar-refractivity contribution < 1.29 is 0 Å². The van der Waals surface area contributed by atoms with Crippen molar-refractivity contribution in [2.75, 3.05) is 0 Å². The fourth-order valence-corrected chi connectivity index (χ4v) is 2.42. The number of hydrogen-bond acceptors (Lipinski definition) is 1. The molecule has 2 nitrogen and oxygen atoms in total. The fraction of sp³-hybridized carbons (Fsp3) is 0.182. The normalized spacial score (nSPS) is 10.6. The summed E-state index contributed by atoms with van der Waals surface area (Å²) < 4.78 is 4.29. The molecule has 4 heteroatoms. The van der Waals surface area contributed by atoms with Gasteiger partial charge in [-0.3, -0.25) is 0 Å². The predicted octanol–water partition coefficient (Wildman–Crippen LogP) is 3.61. The Hall–Kier alpha value is -0.360. The van der Waals surface area contributed by atoms with Gasteiger partial charge in [-0.25, -0.2) is 4.98 Å². The Morgan fingerprint density at radius 1 is 1.47 bits per heavy atom. The van der Waals surface area contributed by atoms with Crippen LogP contribution in [0.15, 0.2) is 35.1 Å². The van der Waals surface area contributed by atoms with Gasteiger partial charge in [-0.2, -0.15) is 0 Å². The molecule has 0 saturated carbocycles. The molecular weight excluding hydrogens is 367 g/mol. The van der Waals surface area contributed by atoms with Crippen molar-refractivity contribution in [3.05, 3.63) is 50.0 Å². The minimum atomic E-state index is 0.886. The van der Waals surface area contributed by atoms with Gasteiger partial charge in [0.25, 0.3) is 0 Å². The zero-order valence-electron chi connectivity index (χ0n) is 8.24. The van der Waals surface area contributed by atoms with E-state index >= 15 is 0 Å². The first-order chi connectivity index (χ1) is 7.16. The molecule has 78 valence electrons. The van der Waals surface area contributed by atoms with E-state index in [1.54, 1.807) is 0 Å². The van der Waals surface area contributed by atoms with Gasteiger partial charge in [-0.1, -0.05) is 22.0 Å². The standard InChI is InChI=1S/C11H10BrIN2/c1-8-6-10(12)3-2-9(8)7-15-5-4-14-11(15)13/h2-6H,7H2,1H3. The Morgan fingerprint density at radius 3 is 2.87 bits per heavy atom. The molecule has 0 aliphatic heterocycles. The highest BCUT2D eigenvalue weighted by atomic mass is 127. The maximum atomic E-state index is 4.20. The van der Waals surface area contributed by atoms with Gasteiger partial charge in [0.2, 0.25) is 0 Å². The van der Waals surface area contributed by atoms with Gasteiger partial charge in [0.1, 0.15) is 0 Å². The van der Waals surface area contributed by atoms with Crippen LogP contribution in [0.3, 0.4) is 0 Å². The summed E-state index contributed by atoms with van der Waals surface area (Å²) in [5.74, 6) is 0. The van der Waals surface area contributed by atoms with E-state index in [9.17, 15) is 0 Å². The van der Waals surface area contributed by atoms with Gasteiger partial charge in [0, 0.05) is 23.4 Å². The quantitative estimate of drug-likeness (QED) is 0.732. The topological polar surface area (TPSA) is 17.8 Å². The summed E-state index contributed by atoms with van der Waals surface area (Å²) in [4.78, 5) is 4.20. The average Bonchev–Trinajstić information content (AvgIpc) is 2.57. The Labute approximate surface area is 111 Å². The van der Waals surface area contributed by atoms with Gasteiger partial charge >= 0.3 is 0 Å². The maximum Gasteiger partial charge on any atom is 0.171 e. The lowest BCUT2D eigenvalue weighted by Gasteiger charge is -2.08. The van der Waals surface area contributed by atoms with E-state index in [0.29, 0.717) is 0 Å². The number of halogens is 2. The molecule has 1 aromatic carbocycles. The summed E-state index contributed by atoms with van der Waals surface area (Å²) >= 11 is 5.71. The number of nitrogens with zero attached hydrogens (tertiary/aromatic N) is 2. The van der Waals surface area contributed by atoms with Crippen LogP contribution in [0.2, 0.25) is 0 Å². The van der Waals surface area contributed by atoms with Crippen molar-refractivity contribution in [1.29, 1.82) is 0 Å². The van der Waals surface area contributed by atoms with Crippen LogP contribution >= 0.6 is 38.5 Å². The van der Waals surface area contributed by atoms with Crippen LogP contribution in [0.25, 0.3) is 0 Å². The first-order valence-corrected chi connectivity index (χ1v) is 6.45. The Bertz CT molecular complexity index is 479. The summed E-state index contributed by atoms with van der Waals surface area (Å²) in [5.41, 5.74) is 2.63. The third-order valence-electron chi connectivity index (χ3n) is 2.31. The molecule has 0 aliphatic rings. The van der Waals surface area contributed by atoms with Crippen LogP contribution in [0.1, 0.15) is 11.1 Å². The molecule has 0 bridgehead atoms. The first kappa shape index (κ1) is 11.1. The molecule has 2 rings (SSSR count). The second-order valence-corrected chi connectivity index (χ2v) is 5.28. The maximum absolute atomic E-state index is 4.20. The molecule has 2 aromatic rings. The average molecular weight is 377 g/mol. The molecule has 0 radical (unpaired) electrons. The third-order valence-corrected chi connectivity index (χ3v) is 3.70. The number of rotatable bonds is 2. The lowest BCUT2D eigenvalue weighted by molar-refractivity contribution is 0.767. The lowest BCUT2D eigenvalue weighted by atomic mass is 10.1. The van der Waals surface area contributed by atoms with Gasteiger partial charge < -0.3 is 4.57 Å². The Kier molecular flexibility index (Phi) is 3.45. The highest BCUT2D eigenvalue weighted by molar-refractivity contribution is 14.1. The third kappa shape index (κ3) is 2.60. The summed E-state index contributed by atoms with van der Waals surface area (Å²) in [6, 6.07) is 6.36. The lowest BCUT2D eigenvalue weighted by Crippen LogP contribution is -2.02. The Morgan fingerprint density at radius 2 is 2.27 bits per heavy atom. The van der Waals surface area contributed by atoms with E-state index in [4.69, 9.17) is 0 Å². The SMILES string of the molecule is Cc1cc(Br)ccc1Cn1ccnc1I. The summed E-state index contributed by atoms with van der Waals surface area (Å²) in [7, 11) is 0. The molecule has 0 spiro atoms. The molecule has 0 unspecified atom stereocenters. The van der Waals surface area contributed by atoms with E-state index in [0.717, 1.165) is 14.8 Å². The molecule has 0 amide bonds. The van der Waals surface area contributed by atoms with Crippen LogP contribution in [0.5, 0.6) is 0 Å². The monoisotopic (exact) mass is 376 g/mol. The smallest absolute Gasteiger partial charge is 0.171 e. The number of aromatic nitrogens is 2. The largest absolute Gasteiger partial charge is 0.322 e. The van der Waals surface area contributed by atoms with Crippen LogP contribution < -0.4 is 0 Å². The minimum absolute atomic E-state index is 0.886. The van der Waals surface area contributed by atoms with Gasteiger partial charge in [0.15, 0.2) is 3.83 Å². The van der Waals surface area contributed by atoms with Gasteiger partial charge in [-0.15, -0.1) is 0 Å². The second-order valence-electron chi connectivity index (χ2n) is 3.39. The highest BCUT2D eigenvalue weighted by Crippen LogP contribution is 2.17. The molecule has 1 aromatic heterocycles. The predicted molar refractivity (Wildman–Crippen MR) is 72.9 cm³/mol. The molecule has 0 atom stereocenters.